The van der Waals surface area contributed by atoms with Gasteiger partial charge in [-0.05, 0) is 24.8 Å². The van der Waals surface area contributed by atoms with E-state index in [1.165, 1.54) is 0 Å². The van der Waals surface area contributed by atoms with E-state index in [4.69, 9.17) is 4.74 Å². The van der Waals surface area contributed by atoms with Crippen molar-refractivity contribution in [3.63, 3.8) is 0 Å². The molecule has 0 aromatic heterocycles. The molecule has 0 spiro atoms. The second kappa shape index (κ2) is 4.66. The van der Waals surface area contributed by atoms with Crippen molar-refractivity contribution < 1.29 is 14.6 Å². The molecule has 1 aromatic rings. The number of hydrogen-bond donors (Lipinski definition) is 1. The fraction of sp³-hybridized carbons (Fsp3) is 0.462. The van der Waals surface area contributed by atoms with E-state index in [9.17, 15) is 9.90 Å². The zero-order valence-corrected chi connectivity index (χ0v) is 9.19. The minimum absolute atomic E-state index is 0.555. The fourth-order valence-electron chi connectivity index (χ4n) is 2.21. The van der Waals surface area contributed by atoms with Gasteiger partial charge in [-0.2, -0.15) is 0 Å². The number of rotatable bonds is 3. The molecule has 16 heavy (non-hydrogen) atoms. The lowest BCUT2D eigenvalue weighted by Gasteiger charge is -2.33. The quantitative estimate of drug-likeness (QED) is 0.848. The molecule has 0 aliphatic carbocycles. The van der Waals surface area contributed by atoms with Gasteiger partial charge in [-0.25, -0.2) is 0 Å². The lowest BCUT2D eigenvalue weighted by Crippen LogP contribution is -2.39. The normalized spacial score (nSPS) is 19.2. The standard InChI is InChI=1S/C13H16O3/c14-12(15)13(6-8-16-9-7-13)10-11-4-2-1-3-5-11/h1-5H,6-10H2,(H,14,15). The summed E-state index contributed by atoms with van der Waals surface area (Å²) in [4.78, 5) is 11.4. The van der Waals surface area contributed by atoms with Crippen LogP contribution in [0.25, 0.3) is 0 Å². The fourth-order valence-corrected chi connectivity index (χ4v) is 2.21. The van der Waals surface area contributed by atoms with Gasteiger partial charge in [0.15, 0.2) is 0 Å². The number of ether oxygens (including phenoxy) is 1. The van der Waals surface area contributed by atoms with Crippen LogP contribution in [0.5, 0.6) is 0 Å². The Bertz CT molecular complexity index is 353. The van der Waals surface area contributed by atoms with Crippen molar-refractivity contribution in [2.75, 3.05) is 13.2 Å². The van der Waals surface area contributed by atoms with E-state index in [1.807, 2.05) is 30.3 Å². The first-order valence-electron chi connectivity index (χ1n) is 5.58. The number of aliphatic carboxylic acids is 1. The van der Waals surface area contributed by atoms with Crippen molar-refractivity contribution in [3.05, 3.63) is 35.9 Å². The van der Waals surface area contributed by atoms with E-state index in [0.29, 0.717) is 32.5 Å². The molecule has 0 bridgehead atoms. The van der Waals surface area contributed by atoms with Crippen LogP contribution in [0.1, 0.15) is 18.4 Å². The van der Waals surface area contributed by atoms with Gasteiger partial charge in [-0.1, -0.05) is 30.3 Å². The first-order chi connectivity index (χ1) is 7.73. The van der Waals surface area contributed by atoms with Crippen molar-refractivity contribution in [2.24, 2.45) is 5.41 Å². The van der Waals surface area contributed by atoms with Gasteiger partial charge in [0, 0.05) is 13.2 Å². The number of benzene rings is 1. The summed E-state index contributed by atoms with van der Waals surface area (Å²) in [5, 5.41) is 9.39. The monoisotopic (exact) mass is 220 g/mol. The molecule has 0 saturated carbocycles. The van der Waals surface area contributed by atoms with Gasteiger partial charge in [-0.3, -0.25) is 4.79 Å². The maximum absolute atomic E-state index is 11.4. The summed E-state index contributed by atoms with van der Waals surface area (Å²) in [5.74, 6) is -0.695. The second-order valence-corrected chi connectivity index (χ2v) is 4.36. The first kappa shape index (κ1) is 11.1. The molecule has 2 rings (SSSR count). The van der Waals surface area contributed by atoms with Gasteiger partial charge in [0.25, 0.3) is 0 Å². The molecule has 1 heterocycles. The molecule has 1 aromatic carbocycles. The highest BCUT2D eigenvalue weighted by atomic mass is 16.5. The molecule has 1 aliphatic rings. The molecular weight excluding hydrogens is 204 g/mol. The lowest BCUT2D eigenvalue weighted by molar-refractivity contribution is -0.154. The zero-order valence-electron chi connectivity index (χ0n) is 9.19. The van der Waals surface area contributed by atoms with Crippen LogP contribution < -0.4 is 0 Å². The summed E-state index contributed by atoms with van der Waals surface area (Å²) in [6.45, 7) is 1.11. The highest BCUT2D eigenvalue weighted by Gasteiger charge is 2.40. The van der Waals surface area contributed by atoms with E-state index < -0.39 is 11.4 Å². The average Bonchev–Trinajstić information content (AvgIpc) is 2.31. The molecule has 3 nitrogen and oxygen atoms in total. The van der Waals surface area contributed by atoms with Crippen LogP contribution in [0, 0.1) is 5.41 Å². The van der Waals surface area contributed by atoms with Gasteiger partial charge in [0.1, 0.15) is 0 Å². The van der Waals surface area contributed by atoms with Crippen LogP contribution in [0.15, 0.2) is 30.3 Å². The van der Waals surface area contributed by atoms with E-state index in [-0.39, 0.29) is 0 Å². The lowest BCUT2D eigenvalue weighted by atomic mass is 9.75. The van der Waals surface area contributed by atoms with E-state index in [2.05, 4.69) is 0 Å². The largest absolute Gasteiger partial charge is 0.481 e. The van der Waals surface area contributed by atoms with Crippen molar-refractivity contribution in [2.45, 2.75) is 19.3 Å². The molecule has 86 valence electrons. The van der Waals surface area contributed by atoms with Crippen molar-refractivity contribution in [1.82, 2.24) is 0 Å². The first-order valence-corrected chi connectivity index (χ1v) is 5.58. The molecule has 3 heteroatoms. The van der Waals surface area contributed by atoms with Crippen LogP contribution in [0.4, 0.5) is 0 Å². The van der Waals surface area contributed by atoms with E-state index in [0.717, 1.165) is 5.56 Å². The summed E-state index contributed by atoms with van der Waals surface area (Å²) < 4.78 is 5.25. The minimum atomic E-state index is -0.695. The smallest absolute Gasteiger partial charge is 0.310 e. The van der Waals surface area contributed by atoms with Crippen LogP contribution >= 0.6 is 0 Å². The Hall–Kier alpha value is -1.35. The molecule has 0 radical (unpaired) electrons. The third-order valence-electron chi connectivity index (χ3n) is 3.29. The number of hydrogen-bond acceptors (Lipinski definition) is 2. The maximum atomic E-state index is 11.4. The molecule has 0 amide bonds. The molecule has 1 aliphatic heterocycles. The molecule has 1 saturated heterocycles. The summed E-state index contributed by atoms with van der Waals surface area (Å²) in [6, 6.07) is 9.82. The predicted molar refractivity (Wildman–Crippen MR) is 60.3 cm³/mol. The van der Waals surface area contributed by atoms with Crippen molar-refractivity contribution >= 4 is 5.97 Å². The molecule has 1 fully saturated rings. The van der Waals surface area contributed by atoms with Crippen molar-refractivity contribution in [1.29, 1.82) is 0 Å². The maximum Gasteiger partial charge on any atom is 0.310 e. The molecule has 0 unspecified atom stereocenters. The number of carboxylic acid groups (broad SMARTS) is 1. The van der Waals surface area contributed by atoms with E-state index in [1.54, 1.807) is 0 Å². The third-order valence-corrected chi connectivity index (χ3v) is 3.29. The van der Waals surface area contributed by atoms with Gasteiger partial charge in [-0.15, -0.1) is 0 Å². The van der Waals surface area contributed by atoms with Crippen molar-refractivity contribution in [3.8, 4) is 0 Å². The Balaban J connectivity index is 2.17. The van der Waals surface area contributed by atoms with Gasteiger partial charge in [0.2, 0.25) is 0 Å². The van der Waals surface area contributed by atoms with Gasteiger partial charge < -0.3 is 9.84 Å². The van der Waals surface area contributed by atoms with Gasteiger partial charge in [0.05, 0.1) is 5.41 Å². The topological polar surface area (TPSA) is 46.5 Å². The third kappa shape index (κ3) is 2.25. The molecule has 0 atom stereocenters. The Morgan fingerprint density at radius 1 is 1.25 bits per heavy atom. The Kier molecular flexibility index (Phi) is 3.25. The number of carbonyl (C=O) groups is 1. The highest BCUT2D eigenvalue weighted by Crippen LogP contribution is 2.34. The predicted octanol–water partition coefficient (Wildman–Crippen LogP) is 2.11. The highest BCUT2D eigenvalue weighted by molar-refractivity contribution is 5.75. The molecular formula is C13H16O3. The van der Waals surface area contributed by atoms with Crippen LogP contribution in [0.3, 0.4) is 0 Å². The Morgan fingerprint density at radius 3 is 2.44 bits per heavy atom. The minimum Gasteiger partial charge on any atom is -0.481 e. The van der Waals surface area contributed by atoms with E-state index >= 15 is 0 Å². The summed E-state index contributed by atoms with van der Waals surface area (Å²) in [7, 11) is 0. The summed E-state index contributed by atoms with van der Waals surface area (Å²) in [6.07, 6.45) is 1.82. The van der Waals surface area contributed by atoms with Crippen LogP contribution in [0.2, 0.25) is 0 Å². The number of carboxylic acids is 1. The van der Waals surface area contributed by atoms with Crippen LogP contribution in [-0.4, -0.2) is 24.3 Å². The zero-order chi connectivity index (χ0) is 11.4. The SMILES string of the molecule is O=C(O)C1(Cc2ccccc2)CCOCC1. The Labute approximate surface area is 95.0 Å². The summed E-state index contributed by atoms with van der Waals surface area (Å²) >= 11 is 0. The second-order valence-electron chi connectivity index (χ2n) is 4.36. The molecule has 1 N–H and O–H groups in total. The van der Waals surface area contributed by atoms with Gasteiger partial charge >= 0.3 is 5.97 Å². The Morgan fingerprint density at radius 2 is 1.88 bits per heavy atom. The van der Waals surface area contributed by atoms with Crippen LogP contribution in [-0.2, 0) is 16.0 Å². The average molecular weight is 220 g/mol. The summed E-state index contributed by atoms with van der Waals surface area (Å²) in [5.41, 5.74) is 0.464.